The van der Waals surface area contributed by atoms with Crippen molar-refractivity contribution in [2.75, 3.05) is 0 Å². The van der Waals surface area contributed by atoms with Crippen molar-refractivity contribution in [1.29, 1.82) is 0 Å². The van der Waals surface area contributed by atoms with Gasteiger partial charge in [-0.3, -0.25) is 0 Å². The van der Waals surface area contributed by atoms with Crippen molar-refractivity contribution < 1.29 is 23.1 Å². The van der Waals surface area contributed by atoms with Gasteiger partial charge in [-0.2, -0.15) is 13.2 Å². The summed E-state index contributed by atoms with van der Waals surface area (Å²) in [5, 5.41) is 10.8. The van der Waals surface area contributed by atoms with Crippen LogP contribution >= 0.6 is 0 Å². The molecule has 2 unspecified atom stereocenters. The Hall–Kier alpha value is -0.740. The highest BCUT2D eigenvalue weighted by atomic mass is 19.4. The number of hydrogen-bond acceptors (Lipinski definition) is 2. The SMILES string of the molecule is O=C([O-])C1CCC(C2CCCCC2C(F)(F)F)CC1. The van der Waals surface area contributed by atoms with E-state index in [1.54, 1.807) is 0 Å². The molecule has 0 radical (unpaired) electrons. The lowest BCUT2D eigenvalue weighted by Gasteiger charge is -2.41. The summed E-state index contributed by atoms with van der Waals surface area (Å²) in [5.74, 6) is -2.93. The molecule has 2 aliphatic carbocycles. The van der Waals surface area contributed by atoms with E-state index in [9.17, 15) is 23.1 Å². The lowest BCUT2D eigenvalue weighted by atomic mass is 9.66. The number of carbonyl (C=O) groups is 1. The minimum atomic E-state index is -4.10. The Labute approximate surface area is 111 Å². The summed E-state index contributed by atoms with van der Waals surface area (Å²) < 4.78 is 39.1. The van der Waals surface area contributed by atoms with Crippen LogP contribution in [0.25, 0.3) is 0 Å². The quantitative estimate of drug-likeness (QED) is 0.778. The summed E-state index contributed by atoms with van der Waals surface area (Å²) in [4.78, 5) is 10.8. The summed E-state index contributed by atoms with van der Waals surface area (Å²) in [5.41, 5.74) is 0. The van der Waals surface area contributed by atoms with Gasteiger partial charge in [0.2, 0.25) is 0 Å². The third-order valence-corrected chi connectivity index (χ3v) is 4.95. The zero-order valence-corrected chi connectivity index (χ0v) is 10.9. The lowest BCUT2D eigenvalue weighted by Crippen LogP contribution is -2.40. The van der Waals surface area contributed by atoms with Crippen LogP contribution in [0.2, 0.25) is 0 Å². The van der Waals surface area contributed by atoms with E-state index in [2.05, 4.69) is 0 Å². The van der Waals surface area contributed by atoms with E-state index in [1.807, 2.05) is 0 Å². The average Bonchev–Trinajstić information content (AvgIpc) is 2.38. The van der Waals surface area contributed by atoms with Gasteiger partial charge in [-0.1, -0.05) is 12.8 Å². The summed E-state index contributed by atoms with van der Waals surface area (Å²) >= 11 is 0. The lowest BCUT2D eigenvalue weighted by molar-refractivity contribution is -0.312. The Morgan fingerprint density at radius 1 is 0.947 bits per heavy atom. The number of alkyl halides is 3. The van der Waals surface area contributed by atoms with Crippen LogP contribution in [0.5, 0.6) is 0 Å². The Balaban J connectivity index is 1.98. The topological polar surface area (TPSA) is 40.1 Å². The number of carboxylic acids is 1. The van der Waals surface area contributed by atoms with Gasteiger partial charge in [0.15, 0.2) is 0 Å². The van der Waals surface area contributed by atoms with Crippen molar-refractivity contribution in [3.05, 3.63) is 0 Å². The largest absolute Gasteiger partial charge is 0.550 e. The van der Waals surface area contributed by atoms with Crippen LogP contribution in [0.15, 0.2) is 0 Å². The molecule has 0 saturated heterocycles. The maximum atomic E-state index is 13.0. The average molecular weight is 277 g/mol. The Bertz CT molecular complexity index is 319. The first kappa shape index (κ1) is 14.7. The van der Waals surface area contributed by atoms with Gasteiger partial charge < -0.3 is 9.90 Å². The second-order valence-electron chi connectivity index (χ2n) is 6.03. The molecular weight excluding hydrogens is 257 g/mol. The fourth-order valence-corrected chi connectivity index (χ4v) is 3.91. The molecular formula is C14H20F3O2-. The molecule has 2 rings (SSSR count). The normalized spacial score (nSPS) is 37.0. The molecule has 2 fully saturated rings. The van der Waals surface area contributed by atoms with Gasteiger partial charge in [0.05, 0.1) is 5.92 Å². The summed E-state index contributed by atoms with van der Waals surface area (Å²) in [6.07, 6.45) is 0.496. The molecule has 0 aromatic heterocycles. The second-order valence-corrected chi connectivity index (χ2v) is 6.03. The van der Waals surface area contributed by atoms with Crippen molar-refractivity contribution in [3.8, 4) is 0 Å². The first-order chi connectivity index (χ1) is 8.89. The molecule has 0 aliphatic heterocycles. The van der Waals surface area contributed by atoms with Crippen LogP contribution < -0.4 is 5.11 Å². The number of carbonyl (C=O) groups excluding carboxylic acids is 1. The maximum Gasteiger partial charge on any atom is 0.392 e. The van der Waals surface area contributed by atoms with Crippen LogP contribution in [-0.2, 0) is 4.79 Å². The van der Waals surface area contributed by atoms with Crippen molar-refractivity contribution in [1.82, 2.24) is 0 Å². The van der Waals surface area contributed by atoms with Crippen LogP contribution in [-0.4, -0.2) is 12.1 Å². The summed E-state index contributed by atoms with van der Waals surface area (Å²) in [6.45, 7) is 0. The Morgan fingerprint density at radius 3 is 2.05 bits per heavy atom. The predicted octanol–water partition coefficient (Wildman–Crippen LogP) is 2.91. The minimum absolute atomic E-state index is 0.0440. The fourth-order valence-electron chi connectivity index (χ4n) is 3.91. The van der Waals surface area contributed by atoms with Crippen LogP contribution in [0, 0.1) is 23.7 Å². The molecule has 0 amide bonds. The van der Waals surface area contributed by atoms with E-state index in [1.165, 1.54) is 0 Å². The van der Waals surface area contributed by atoms with Gasteiger partial charge in [0, 0.05) is 5.97 Å². The molecule has 19 heavy (non-hydrogen) atoms. The molecule has 2 nitrogen and oxygen atoms in total. The Kier molecular flexibility index (Phi) is 4.41. The van der Waals surface area contributed by atoms with Crippen LogP contribution in [0.4, 0.5) is 13.2 Å². The van der Waals surface area contributed by atoms with E-state index in [0.29, 0.717) is 38.5 Å². The maximum absolute atomic E-state index is 13.0. The van der Waals surface area contributed by atoms with Crippen molar-refractivity contribution in [2.45, 2.75) is 57.5 Å². The van der Waals surface area contributed by atoms with Gasteiger partial charge in [-0.25, -0.2) is 0 Å². The van der Waals surface area contributed by atoms with Crippen molar-refractivity contribution >= 4 is 5.97 Å². The van der Waals surface area contributed by atoms with E-state index in [0.717, 1.165) is 6.42 Å². The van der Waals surface area contributed by atoms with Gasteiger partial charge in [0.25, 0.3) is 0 Å². The third-order valence-electron chi connectivity index (χ3n) is 4.95. The molecule has 0 aromatic carbocycles. The van der Waals surface area contributed by atoms with Gasteiger partial charge in [-0.15, -0.1) is 0 Å². The molecule has 0 N–H and O–H groups in total. The number of rotatable bonds is 2. The minimum Gasteiger partial charge on any atom is -0.550 e. The molecule has 0 bridgehead atoms. The molecule has 2 aliphatic rings. The molecule has 5 heteroatoms. The van der Waals surface area contributed by atoms with Crippen LogP contribution in [0.3, 0.4) is 0 Å². The van der Waals surface area contributed by atoms with Crippen LogP contribution in [0.1, 0.15) is 51.4 Å². The van der Waals surface area contributed by atoms with E-state index in [-0.39, 0.29) is 18.3 Å². The van der Waals surface area contributed by atoms with Gasteiger partial charge in [-0.05, 0) is 56.3 Å². The van der Waals surface area contributed by atoms with Crippen molar-refractivity contribution in [3.63, 3.8) is 0 Å². The second kappa shape index (κ2) is 5.71. The highest BCUT2D eigenvalue weighted by Crippen LogP contribution is 2.48. The summed E-state index contributed by atoms with van der Waals surface area (Å²) in [6, 6.07) is 0. The van der Waals surface area contributed by atoms with Crippen molar-refractivity contribution in [2.24, 2.45) is 23.7 Å². The third kappa shape index (κ3) is 3.42. The standard InChI is InChI=1S/C14H21F3O2/c15-14(16,17)12-4-2-1-3-11(12)9-5-7-10(8-6-9)13(18)19/h9-12H,1-8H2,(H,18,19)/p-1. The first-order valence-corrected chi connectivity index (χ1v) is 7.17. The molecule has 110 valence electrons. The van der Waals surface area contributed by atoms with Gasteiger partial charge >= 0.3 is 6.18 Å². The predicted molar refractivity (Wildman–Crippen MR) is 62.0 cm³/mol. The number of hydrogen-bond donors (Lipinski definition) is 0. The fraction of sp³-hybridized carbons (Fsp3) is 0.929. The smallest absolute Gasteiger partial charge is 0.392 e. The first-order valence-electron chi connectivity index (χ1n) is 7.17. The number of aliphatic carboxylic acids is 1. The van der Waals surface area contributed by atoms with E-state index >= 15 is 0 Å². The van der Waals surface area contributed by atoms with Gasteiger partial charge in [0.1, 0.15) is 0 Å². The van der Waals surface area contributed by atoms with E-state index < -0.39 is 24.0 Å². The number of halogens is 3. The molecule has 2 saturated carbocycles. The molecule has 0 spiro atoms. The number of carboxylic acid groups (broad SMARTS) is 1. The molecule has 2 atom stereocenters. The van der Waals surface area contributed by atoms with E-state index in [4.69, 9.17) is 0 Å². The highest BCUT2D eigenvalue weighted by molar-refractivity contribution is 5.67. The highest BCUT2D eigenvalue weighted by Gasteiger charge is 2.48. The molecule has 0 heterocycles. The monoisotopic (exact) mass is 277 g/mol. The summed E-state index contributed by atoms with van der Waals surface area (Å²) in [7, 11) is 0. The Morgan fingerprint density at radius 2 is 1.53 bits per heavy atom. The zero-order chi connectivity index (χ0) is 14.0. The molecule has 0 aromatic rings. The zero-order valence-electron chi connectivity index (χ0n) is 10.9.